The fourth-order valence-corrected chi connectivity index (χ4v) is 1.67. The predicted octanol–water partition coefficient (Wildman–Crippen LogP) is 3.20. The van der Waals surface area contributed by atoms with Crippen molar-refractivity contribution in [3.63, 3.8) is 0 Å². The van der Waals surface area contributed by atoms with Gasteiger partial charge in [0.25, 0.3) is 0 Å². The standard InChI is InChI=1S/C8H8Cl3NO/c1-13-7-3-5(9)4(8(11)12)2-6(7)10/h2-3,8H,12H2,1H3. The van der Waals surface area contributed by atoms with Crippen LogP contribution in [0.1, 0.15) is 11.1 Å². The zero-order chi connectivity index (χ0) is 10.0. The van der Waals surface area contributed by atoms with E-state index < -0.39 is 5.50 Å². The minimum atomic E-state index is -0.657. The van der Waals surface area contributed by atoms with Crippen molar-refractivity contribution in [1.29, 1.82) is 0 Å². The molecular formula is C8H8Cl3NO. The van der Waals surface area contributed by atoms with Gasteiger partial charge < -0.3 is 10.5 Å². The number of halogens is 3. The van der Waals surface area contributed by atoms with E-state index in [1.54, 1.807) is 12.1 Å². The first-order valence-electron chi connectivity index (χ1n) is 3.49. The van der Waals surface area contributed by atoms with Gasteiger partial charge in [-0.1, -0.05) is 23.2 Å². The Labute approximate surface area is 91.5 Å². The van der Waals surface area contributed by atoms with E-state index in [-0.39, 0.29) is 0 Å². The minimum Gasteiger partial charge on any atom is -0.495 e. The van der Waals surface area contributed by atoms with Crippen molar-refractivity contribution in [2.45, 2.75) is 5.50 Å². The molecule has 0 aromatic heterocycles. The van der Waals surface area contributed by atoms with Crippen molar-refractivity contribution >= 4 is 34.8 Å². The number of nitrogens with two attached hydrogens (primary N) is 1. The van der Waals surface area contributed by atoms with Crippen LogP contribution in [0.5, 0.6) is 5.75 Å². The molecular weight excluding hydrogens is 232 g/mol. The molecule has 0 radical (unpaired) electrons. The molecule has 0 aliphatic heterocycles. The normalized spacial score (nSPS) is 12.7. The molecule has 0 saturated carbocycles. The van der Waals surface area contributed by atoms with Gasteiger partial charge in [0.2, 0.25) is 0 Å². The molecule has 1 unspecified atom stereocenters. The van der Waals surface area contributed by atoms with Crippen molar-refractivity contribution in [1.82, 2.24) is 0 Å². The Kier molecular flexibility index (Phi) is 3.68. The Morgan fingerprint density at radius 2 is 1.92 bits per heavy atom. The summed E-state index contributed by atoms with van der Waals surface area (Å²) in [4.78, 5) is 0. The van der Waals surface area contributed by atoms with Gasteiger partial charge in [-0.3, -0.25) is 0 Å². The first kappa shape index (κ1) is 10.9. The number of rotatable bonds is 2. The van der Waals surface area contributed by atoms with Gasteiger partial charge in [0.05, 0.1) is 17.2 Å². The number of methoxy groups -OCH3 is 1. The van der Waals surface area contributed by atoms with E-state index in [9.17, 15) is 0 Å². The molecule has 0 aliphatic rings. The number of benzene rings is 1. The summed E-state index contributed by atoms with van der Waals surface area (Å²) in [5.41, 5.74) is 5.39. The molecule has 1 aromatic rings. The summed E-state index contributed by atoms with van der Waals surface area (Å²) in [6, 6.07) is 3.18. The lowest BCUT2D eigenvalue weighted by atomic mass is 10.2. The Morgan fingerprint density at radius 3 is 2.38 bits per heavy atom. The van der Waals surface area contributed by atoms with Crippen LogP contribution in [-0.2, 0) is 0 Å². The third kappa shape index (κ3) is 2.41. The molecule has 0 bridgehead atoms. The molecule has 13 heavy (non-hydrogen) atoms. The summed E-state index contributed by atoms with van der Waals surface area (Å²) >= 11 is 17.4. The topological polar surface area (TPSA) is 35.2 Å². The number of hydrogen-bond acceptors (Lipinski definition) is 2. The molecule has 2 N–H and O–H groups in total. The molecule has 0 heterocycles. The highest BCUT2D eigenvalue weighted by atomic mass is 35.5. The minimum absolute atomic E-state index is 0.443. The summed E-state index contributed by atoms with van der Waals surface area (Å²) in [6.45, 7) is 0. The summed E-state index contributed by atoms with van der Waals surface area (Å²) < 4.78 is 4.96. The van der Waals surface area contributed by atoms with Crippen LogP contribution in [-0.4, -0.2) is 7.11 Å². The van der Waals surface area contributed by atoms with Crippen molar-refractivity contribution in [3.8, 4) is 5.75 Å². The Morgan fingerprint density at radius 1 is 1.31 bits per heavy atom. The van der Waals surface area contributed by atoms with Crippen LogP contribution in [0.3, 0.4) is 0 Å². The maximum atomic E-state index is 5.87. The van der Waals surface area contributed by atoms with Gasteiger partial charge in [0.15, 0.2) is 0 Å². The summed E-state index contributed by atoms with van der Waals surface area (Å²) in [6.07, 6.45) is 0. The van der Waals surface area contributed by atoms with E-state index in [4.69, 9.17) is 45.3 Å². The number of hydrogen-bond donors (Lipinski definition) is 1. The Hall–Kier alpha value is -0.150. The van der Waals surface area contributed by atoms with Gasteiger partial charge in [-0.25, -0.2) is 0 Å². The van der Waals surface area contributed by atoms with Crippen LogP contribution in [0.15, 0.2) is 12.1 Å². The van der Waals surface area contributed by atoms with E-state index in [0.29, 0.717) is 21.4 Å². The number of ether oxygens (including phenoxy) is 1. The second-order valence-corrected chi connectivity index (χ2v) is 3.69. The maximum absolute atomic E-state index is 5.87. The Balaban J connectivity index is 3.20. The second kappa shape index (κ2) is 4.38. The average molecular weight is 241 g/mol. The Bertz CT molecular complexity index is 315. The predicted molar refractivity (Wildman–Crippen MR) is 55.8 cm³/mol. The lowest BCUT2D eigenvalue weighted by molar-refractivity contribution is 0.415. The molecule has 1 aromatic carbocycles. The molecule has 5 heteroatoms. The summed E-state index contributed by atoms with van der Waals surface area (Å²) in [5, 5.41) is 0.891. The molecule has 72 valence electrons. The molecule has 0 aliphatic carbocycles. The summed E-state index contributed by atoms with van der Waals surface area (Å²) in [5.74, 6) is 0.507. The summed E-state index contributed by atoms with van der Waals surface area (Å²) in [7, 11) is 1.51. The van der Waals surface area contributed by atoms with Crippen molar-refractivity contribution in [3.05, 3.63) is 27.7 Å². The van der Waals surface area contributed by atoms with Crippen LogP contribution >= 0.6 is 34.8 Å². The van der Waals surface area contributed by atoms with Gasteiger partial charge in [0, 0.05) is 11.6 Å². The van der Waals surface area contributed by atoms with E-state index in [2.05, 4.69) is 0 Å². The molecule has 0 spiro atoms. The quantitative estimate of drug-likeness (QED) is 0.636. The molecule has 0 amide bonds. The SMILES string of the molecule is COc1cc(Cl)c(C(N)Cl)cc1Cl. The van der Waals surface area contributed by atoms with E-state index in [0.717, 1.165) is 0 Å². The highest BCUT2D eigenvalue weighted by molar-refractivity contribution is 6.35. The van der Waals surface area contributed by atoms with Gasteiger partial charge in [-0.2, -0.15) is 0 Å². The zero-order valence-electron chi connectivity index (χ0n) is 6.85. The van der Waals surface area contributed by atoms with Crippen molar-refractivity contribution in [2.24, 2.45) is 5.73 Å². The molecule has 1 rings (SSSR count). The highest BCUT2D eigenvalue weighted by Crippen LogP contribution is 2.34. The first-order chi connectivity index (χ1) is 6.06. The lowest BCUT2D eigenvalue weighted by Crippen LogP contribution is -2.03. The van der Waals surface area contributed by atoms with Crippen molar-refractivity contribution < 1.29 is 4.74 Å². The average Bonchev–Trinajstić information content (AvgIpc) is 2.07. The van der Waals surface area contributed by atoms with Crippen LogP contribution < -0.4 is 10.5 Å². The third-order valence-electron chi connectivity index (χ3n) is 1.57. The van der Waals surface area contributed by atoms with Gasteiger partial charge >= 0.3 is 0 Å². The molecule has 1 atom stereocenters. The smallest absolute Gasteiger partial charge is 0.138 e. The zero-order valence-corrected chi connectivity index (χ0v) is 9.12. The molecule has 2 nitrogen and oxygen atoms in total. The van der Waals surface area contributed by atoms with Crippen LogP contribution in [0.4, 0.5) is 0 Å². The van der Waals surface area contributed by atoms with Gasteiger partial charge in [0.1, 0.15) is 11.3 Å². The fourth-order valence-electron chi connectivity index (χ4n) is 0.912. The fraction of sp³-hybridized carbons (Fsp3) is 0.250. The second-order valence-electron chi connectivity index (χ2n) is 2.41. The first-order valence-corrected chi connectivity index (χ1v) is 4.68. The largest absolute Gasteiger partial charge is 0.495 e. The molecule has 0 fully saturated rings. The van der Waals surface area contributed by atoms with Gasteiger partial charge in [-0.15, -0.1) is 11.6 Å². The lowest BCUT2D eigenvalue weighted by Gasteiger charge is -2.09. The van der Waals surface area contributed by atoms with Crippen LogP contribution in [0.2, 0.25) is 10.0 Å². The number of alkyl halides is 1. The van der Waals surface area contributed by atoms with E-state index in [1.165, 1.54) is 7.11 Å². The van der Waals surface area contributed by atoms with Crippen LogP contribution in [0.25, 0.3) is 0 Å². The monoisotopic (exact) mass is 239 g/mol. The molecule has 0 saturated heterocycles. The van der Waals surface area contributed by atoms with Crippen LogP contribution in [0, 0.1) is 0 Å². The van der Waals surface area contributed by atoms with E-state index >= 15 is 0 Å². The third-order valence-corrected chi connectivity index (χ3v) is 2.43. The van der Waals surface area contributed by atoms with E-state index in [1.807, 2.05) is 0 Å². The maximum Gasteiger partial charge on any atom is 0.138 e. The van der Waals surface area contributed by atoms with Crippen molar-refractivity contribution in [2.75, 3.05) is 7.11 Å². The van der Waals surface area contributed by atoms with Gasteiger partial charge in [-0.05, 0) is 6.07 Å². The highest BCUT2D eigenvalue weighted by Gasteiger charge is 2.11.